The summed E-state index contributed by atoms with van der Waals surface area (Å²) in [6, 6.07) is 0. The molecular formula is C19H42O8Si4. The molecule has 0 atom stereocenters. The van der Waals surface area contributed by atoms with Gasteiger partial charge < -0.3 is 26.9 Å². The van der Waals surface area contributed by atoms with E-state index in [2.05, 4.69) is 0 Å². The lowest BCUT2D eigenvalue weighted by atomic mass is 10.2. The topological polar surface area (TPSA) is 101 Å². The molecular weight excluding hydrogens is 469 g/mol. The van der Waals surface area contributed by atoms with Gasteiger partial charge in [0.15, 0.2) is 25.0 Å². The molecule has 182 valence electrons. The van der Waals surface area contributed by atoms with Gasteiger partial charge in [0.05, 0.1) is 19.6 Å². The number of aliphatic hydroxyl groups is 1. The van der Waals surface area contributed by atoms with Crippen LogP contribution in [-0.2, 0) is 31.4 Å². The van der Waals surface area contributed by atoms with Crippen LogP contribution in [0.3, 0.4) is 0 Å². The first kappa shape index (κ1) is 30.4. The van der Waals surface area contributed by atoms with Gasteiger partial charge in [-0.15, -0.1) is 0 Å². The highest BCUT2D eigenvalue weighted by Gasteiger charge is 2.49. The minimum Gasteiger partial charge on any atom is -0.465 e. The van der Waals surface area contributed by atoms with E-state index in [0.717, 1.165) is 0 Å². The van der Waals surface area contributed by atoms with Crippen LogP contribution in [0.1, 0.15) is 19.8 Å². The molecule has 0 aromatic rings. The van der Waals surface area contributed by atoms with E-state index in [4.69, 9.17) is 26.9 Å². The normalized spacial score (nSPS) is 13.8. The quantitative estimate of drug-likeness (QED) is 0.214. The first-order valence-electron chi connectivity index (χ1n) is 10.7. The Morgan fingerprint density at radius 2 is 1.23 bits per heavy atom. The van der Waals surface area contributed by atoms with E-state index in [1.165, 1.54) is 0 Å². The second-order valence-corrected chi connectivity index (χ2v) is 26.8. The Kier molecular flexibility index (Phi) is 12.3. The highest BCUT2D eigenvalue weighted by Crippen LogP contribution is 2.28. The molecule has 0 spiro atoms. The van der Waals surface area contributed by atoms with Gasteiger partial charge in [0, 0.05) is 5.57 Å². The molecule has 0 amide bonds. The van der Waals surface area contributed by atoms with Gasteiger partial charge in [-0.05, 0) is 71.0 Å². The van der Waals surface area contributed by atoms with Crippen LogP contribution in [0.2, 0.25) is 58.9 Å². The maximum Gasteiger partial charge on any atom is 0.498 e. The van der Waals surface area contributed by atoms with Gasteiger partial charge in [-0.2, -0.15) is 0 Å². The molecule has 8 nitrogen and oxygen atoms in total. The van der Waals surface area contributed by atoms with Gasteiger partial charge in [-0.25, -0.2) is 4.79 Å². The molecule has 0 rings (SSSR count). The molecule has 0 unspecified atom stereocenters. The van der Waals surface area contributed by atoms with Gasteiger partial charge in [-0.1, -0.05) is 6.92 Å². The van der Waals surface area contributed by atoms with Gasteiger partial charge in [0.25, 0.3) is 0 Å². The molecule has 0 aliphatic rings. The number of carbonyl (C=O) groups excluding carboxylic acids is 2. The molecule has 31 heavy (non-hydrogen) atoms. The summed E-state index contributed by atoms with van der Waals surface area (Å²) in [5, 5.41) is 9.05. The fraction of sp³-hybridized carbons (Fsp3) is 0.789. The highest BCUT2D eigenvalue weighted by molar-refractivity contribution is 6.92. The number of carbonyl (C=O) groups is 2. The standard InChI is InChI=1S/C19H42O8Si4/c1-11-13-23-18(21)15-17(19(22)24-14-12-20)16-31(25-28(2,3)4,26-29(5,6)7)27-30(8,9)10/h16,20H,11-15H2,1-10H3. The molecule has 0 aromatic carbocycles. The van der Waals surface area contributed by atoms with Crippen LogP contribution in [0, 0.1) is 0 Å². The molecule has 0 bridgehead atoms. The van der Waals surface area contributed by atoms with Crippen LogP contribution in [0.5, 0.6) is 0 Å². The maximum atomic E-state index is 12.8. The number of hydrogen-bond donors (Lipinski definition) is 1. The Morgan fingerprint density at radius 1 is 0.774 bits per heavy atom. The molecule has 0 radical (unpaired) electrons. The Labute approximate surface area is 192 Å². The molecule has 0 aromatic heterocycles. The zero-order valence-corrected chi connectivity index (χ0v) is 24.9. The molecule has 0 saturated carbocycles. The summed E-state index contributed by atoms with van der Waals surface area (Å²) in [5.74, 6) is -1.25. The Morgan fingerprint density at radius 3 is 1.58 bits per heavy atom. The van der Waals surface area contributed by atoms with Crippen molar-refractivity contribution in [1.29, 1.82) is 0 Å². The number of esters is 2. The third kappa shape index (κ3) is 15.0. The van der Waals surface area contributed by atoms with Gasteiger partial charge >= 0.3 is 20.7 Å². The van der Waals surface area contributed by atoms with Crippen molar-refractivity contribution in [1.82, 2.24) is 0 Å². The second kappa shape index (κ2) is 12.6. The maximum absolute atomic E-state index is 12.8. The van der Waals surface area contributed by atoms with Crippen molar-refractivity contribution in [2.45, 2.75) is 78.7 Å². The average molecular weight is 511 g/mol. The number of ether oxygens (including phenoxy) is 2. The van der Waals surface area contributed by atoms with Crippen molar-refractivity contribution in [3.63, 3.8) is 0 Å². The van der Waals surface area contributed by atoms with E-state index < -0.39 is 45.7 Å². The van der Waals surface area contributed by atoms with Gasteiger partial charge in [0.1, 0.15) is 6.61 Å². The van der Waals surface area contributed by atoms with Crippen molar-refractivity contribution in [2.75, 3.05) is 19.8 Å². The average Bonchev–Trinajstić information content (AvgIpc) is 2.52. The third-order valence-corrected chi connectivity index (χ3v) is 14.5. The Balaban J connectivity index is 6.49. The molecule has 0 heterocycles. The fourth-order valence-corrected chi connectivity index (χ4v) is 15.7. The summed E-state index contributed by atoms with van der Waals surface area (Å²) in [5.41, 5.74) is 1.66. The SMILES string of the molecule is CCCOC(=O)CC(=C[Si](O[Si](C)(C)C)(O[Si](C)(C)C)O[Si](C)(C)C)C(=O)OCCO. The second-order valence-electron chi connectivity index (χ2n) is 10.2. The minimum absolute atomic E-state index is 0.0796. The van der Waals surface area contributed by atoms with Crippen molar-refractivity contribution in [2.24, 2.45) is 0 Å². The lowest BCUT2D eigenvalue weighted by molar-refractivity contribution is -0.146. The van der Waals surface area contributed by atoms with Crippen LogP contribution in [0.4, 0.5) is 0 Å². The van der Waals surface area contributed by atoms with E-state index in [0.29, 0.717) is 6.42 Å². The Hall–Kier alpha value is -0.612. The van der Waals surface area contributed by atoms with E-state index in [1.54, 1.807) is 5.70 Å². The Bertz CT molecular complexity index is 577. The molecule has 0 fully saturated rings. The summed E-state index contributed by atoms with van der Waals surface area (Å²) in [6.07, 6.45) is 0.396. The van der Waals surface area contributed by atoms with Crippen LogP contribution < -0.4 is 0 Å². The van der Waals surface area contributed by atoms with Crippen molar-refractivity contribution < 1.29 is 36.5 Å². The number of rotatable bonds is 14. The van der Waals surface area contributed by atoms with Crippen LogP contribution >= 0.6 is 0 Å². The predicted molar refractivity (Wildman–Crippen MR) is 131 cm³/mol. The first-order chi connectivity index (χ1) is 13.9. The predicted octanol–water partition coefficient (Wildman–Crippen LogP) is 3.82. The molecule has 12 heteroatoms. The fourth-order valence-electron chi connectivity index (χ4n) is 2.48. The molecule has 0 aliphatic heterocycles. The van der Waals surface area contributed by atoms with E-state index in [-0.39, 0.29) is 31.8 Å². The van der Waals surface area contributed by atoms with E-state index >= 15 is 0 Å². The molecule has 1 N–H and O–H groups in total. The van der Waals surface area contributed by atoms with Crippen LogP contribution in [-0.4, -0.2) is 70.6 Å². The van der Waals surface area contributed by atoms with E-state index in [1.807, 2.05) is 65.8 Å². The van der Waals surface area contributed by atoms with Crippen LogP contribution in [0.25, 0.3) is 0 Å². The minimum atomic E-state index is -3.51. The largest absolute Gasteiger partial charge is 0.498 e. The molecule has 0 saturated heterocycles. The number of hydrogen-bond acceptors (Lipinski definition) is 8. The van der Waals surface area contributed by atoms with Crippen molar-refractivity contribution in [3.05, 3.63) is 11.3 Å². The number of aliphatic hydroxyl groups excluding tert-OH is 1. The summed E-state index contributed by atoms with van der Waals surface area (Å²) in [4.78, 5) is 25.1. The lowest BCUT2D eigenvalue weighted by Crippen LogP contribution is -2.60. The monoisotopic (exact) mass is 510 g/mol. The smallest absolute Gasteiger partial charge is 0.465 e. The third-order valence-electron chi connectivity index (χ3n) is 3.08. The summed E-state index contributed by atoms with van der Waals surface area (Å²) in [7, 11) is -10.0. The van der Waals surface area contributed by atoms with E-state index in [9.17, 15) is 9.59 Å². The highest BCUT2D eigenvalue weighted by atomic mass is 28.5. The summed E-state index contributed by atoms with van der Waals surface area (Å²) < 4.78 is 29.9. The summed E-state index contributed by atoms with van der Waals surface area (Å²) >= 11 is 0. The lowest BCUT2D eigenvalue weighted by Gasteiger charge is -2.41. The van der Waals surface area contributed by atoms with Crippen molar-refractivity contribution >= 4 is 45.7 Å². The molecule has 0 aliphatic carbocycles. The van der Waals surface area contributed by atoms with Gasteiger partial charge in [-0.3, -0.25) is 4.79 Å². The first-order valence-corrected chi connectivity index (χ1v) is 22.7. The zero-order valence-electron chi connectivity index (χ0n) is 20.9. The summed E-state index contributed by atoms with van der Waals surface area (Å²) in [6.45, 7) is 19.9. The van der Waals surface area contributed by atoms with Crippen LogP contribution in [0.15, 0.2) is 11.3 Å². The zero-order chi connectivity index (χ0) is 24.5. The van der Waals surface area contributed by atoms with Gasteiger partial charge in [0.2, 0.25) is 0 Å². The van der Waals surface area contributed by atoms with Crippen molar-refractivity contribution in [3.8, 4) is 0 Å².